The number of likely N-dealkylation sites (N-methyl/N-ethyl adjacent to an activating group) is 1. The Bertz CT molecular complexity index is 1740. The van der Waals surface area contributed by atoms with Crippen LogP contribution in [0.2, 0.25) is 0 Å². The van der Waals surface area contributed by atoms with Gasteiger partial charge in [0.2, 0.25) is 0 Å². The molecular formula is C30H34N6O6S2. The van der Waals surface area contributed by atoms with E-state index in [0.29, 0.717) is 5.56 Å². The number of thiazole rings is 1. The van der Waals surface area contributed by atoms with E-state index in [1.165, 1.54) is 35.2 Å². The Balaban J connectivity index is 1.47. The van der Waals surface area contributed by atoms with Crippen LogP contribution in [-0.2, 0) is 17.1 Å². The zero-order chi connectivity index (χ0) is 31.6. The van der Waals surface area contributed by atoms with Gasteiger partial charge in [-0.15, -0.1) is 11.3 Å². The lowest BCUT2D eigenvalue weighted by molar-refractivity contribution is 0.0388. The van der Waals surface area contributed by atoms with E-state index < -0.39 is 28.1 Å². The molecule has 2 aromatic carbocycles. The zero-order valence-corrected chi connectivity index (χ0v) is 26.4. The summed E-state index contributed by atoms with van der Waals surface area (Å²) in [5.41, 5.74) is 1.72. The number of imidazole rings is 1. The summed E-state index contributed by atoms with van der Waals surface area (Å²) >= 11 is 1.50. The number of carbonyl (C=O) groups excluding carboxylic acids is 2. The molecule has 0 unspecified atom stereocenters. The molecule has 4 aromatic rings. The fourth-order valence-corrected chi connectivity index (χ4v) is 6.70. The van der Waals surface area contributed by atoms with Crippen LogP contribution in [0, 0.1) is 5.92 Å². The second-order valence-corrected chi connectivity index (χ2v) is 13.7. The molecule has 44 heavy (non-hydrogen) atoms. The van der Waals surface area contributed by atoms with Gasteiger partial charge in [-0.25, -0.2) is 18.4 Å². The molecular weight excluding hydrogens is 605 g/mol. The van der Waals surface area contributed by atoms with Crippen molar-refractivity contribution in [2.24, 2.45) is 13.0 Å². The largest absolute Gasteiger partial charge is 0.486 e. The van der Waals surface area contributed by atoms with Crippen LogP contribution in [-0.4, -0.2) is 88.0 Å². The monoisotopic (exact) mass is 638 g/mol. The smallest absolute Gasteiger partial charge is 0.261 e. The molecule has 5 rings (SSSR count). The minimum Gasteiger partial charge on any atom is -0.486 e. The number of fused-ring (bicyclic) bond motifs is 1. The van der Waals surface area contributed by atoms with E-state index in [9.17, 15) is 23.1 Å². The molecule has 0 aliphatic carbocycles. The first kappa shape index (κ1) is 31.3. The van der Waals surface area contributed by atoms with Crippen LogP contribution in [0.15, 0.2) is 71.6 Å². The molecule has 2 aromatic heterocycles. The molecule has 3 heterocycles. The van der Waals surface area contributed by atoms with Gasteiger partial charge in [-0.05, 0) is 31.2 Å². The SMILES string of the molecule is C[C@@H]1CN([C@@H](C)CO)C(=O)c2cccc(NC(=O)c3ccc(-c4nccs4)cc3)c2O[C@H]1CN(C)S(=O)(=O)c1cn(C)cn1. The molecule has 0 radical (unpaired) electrons. The molecule has 2 N–H and O–H groups in total. The number of sulfonamides is 1. The Morgan fingerprint density at radius 1 is 1.23 bits per heavy atom. The van der Waals surface area contributed by atoms with E-state index in [0.717, 1.165) is 10.6 Å². The molecule has 0 saturated carbocycles. The van der Waals surface area contributed by atoms with Crippen molar-refractivity contribution < 1.29 is 27.9 Å². The van der Waals surface area contributed by atoms with Crippen LogP contribution in [0.3, 0.4) is 0 Å². The summed E-state index contributed by atoms with van der Waals surface area (Å²) in [5, 5.41) is 15.4. The van der Waals surface area contributed by atoms with E-state index >= 15 is 0 Å². The molecule has 3 atom stereocenters. The third-order valence-corrected chi connectivity index (χ3v) is 10.1. The number of rotatable bonds is 9. The number of hydrogen-bond donors (Lipinski definition) is 2. The van der Waals surface area contributed by atoms with E-state index in [1.807, 2.05) is 24.4 Å². The van der Waals surface area contributed by atoms with Gasteiger partial charge in [0.15, 0.2) is 10.8 Å². The number of aliphatic hydroxyl groups excluding tert-OH is 1. The van der Waals surface area contributed by atoms with E-state index in [-0.39, 0.29) is 53.5 Å². The van der Waals surface area contributed by atoms with Gasteiger partial charge in [-0.3, -0.25) is 9.59 Å². The Labute approximate surface area is 260 Å². The van der Waals surface area contributed by atoms with E-state index in [4.69, 9.17) is 4.74 Å². The number of nitrogens with zero attached hydrogens (tertiary/aromatic N) is 5. The molecule has 12 nitrogen and oxygen atoms in total. The molecule has 1 aliphatic rings. The van der Waals surface area contributed by atoms with Crippen molar-refractivity contribution in [3.63, 3.8) is 0 Å². The molecule has 0 fully saturated rings. The highest BCUT2D eigenvalue weighted by Crippen LogP contribution is 2.35. The summed E-state index contributed by atoms with van der Waals surface area (Å²) in [5.74, 6) is -1.02. The van der Waals surface area contributed by atoms with Crippen molar-refractivity contribution in [1.29, 1.82) is 0 Å². The first-order valence-electron chi connectivity index (χ1n) is 14.0. The number of carbonyl (C=O) groups is 2. The van der Waals surface area contributed by atoms with Gasteiger partial charge >= 0.3 is 0 Å². The van der Waals surface area contributed by atoms with Gasteiger partial charge < -0.3 is 24.6 Å². The second-order valence-electron chi connectivity index (χ2n) is 10.8. The maximum Gasteiger partial charge on any atom is 0.261 e. The van der Waals surface area contributed by atoms with Gasteiger partial charge in [0.25, 0.3) is 21.8 Å². The fraction of sp³-hybridized carbons (Fsp3) is 0.333. The maximum atomic E-state index is 13.8. The molecule has 1 aliphatic heterocycles. The lowest BCUT2D eigenvalue weighted by Crippen LogP contribution is -2.50. The molecule has 2 amide bonds. The number of amides is 2. The average Bonchev–Trinajstić information content (AvgIpc) is 3.71. The Morgan fingerprint density at radius 2 is 1.98 bits per heavy atom. The quantitative estimate of drug-likeness (QED) is 0.284. The summed E-state index contributed by atoms with van der Waals surface area (Å²) in [7, 11) is -0.813. The molecule has 0 bridgehead atoms. The number of ether oxygens (including phenoxy) is 1. The third-order valence-electron chi connectivity index (χ3n) is 7.56. The predicted molar refractivity (Wildman–Crippen MR) is 166 cm³/mol. The fourth-order valence-electron chi connectivity index (χ4n) is 4.92. The number of para-hydroxylation sites is 1. The lowest BCUT2D eigenvalue weighted by atomic mass is 9.99. The van der Waals surface area contributed by atoms with Crippen molar-refractivity contribution in [2.45, 2.75) is 31.0 Å². The molecule has 232 valence electrons. The van der Waals surface area contributed by atoms with E-state index in [1.54, 1.807) is 60.0 Å². The van der Waals surface area contributed by atoms with Crippen molar-refractivity contribution in [1.82, 2.24) is 23.7 Å². The first-order chi connectivity index (χ1) is 21.0. The Kier molecular flexibility index (Phi) is 9.15. The van der Waals surface area contributed by atoms with Crippen molar-refractivity contribution >= 4 is 38.9 Å². The van der Waals surface area contributed by atoms with Gasteiger partial charge in [0, 0.05) is 55.5 Å². The van der Waals surface area contributed by atoms with Gasteiger partial charge in [0.05, 0.1) is 36.8 Å². The highest BCUT2D eigenvalue weighted by atomic mass is 32.2. The third kappa shape index (κ3) is 6.38. The topological polar surface area (TPSA) is 147 Å². The average molecular weight is 639 g/mol. The lowest BCUT2D eigenvalue weighted by Gasteiger charge is -2.38. The van der Waals surface area contributed by atoms with Crippen LogP contribution >= 0.6 is 11.3 Å². The summed E-state index contributed by atoms with van der Waals surface area (Å²) in [6.07, 6.45) is 3.82. The van der Waals surface area contributed by atoms with Crippen LogP contribution < -0.4 is 10.1 Å². The highest BCUT2D eigenvalue weighted by Gasteiger charge is 2.36. The summed E-state index contributed by atoms with van der Waals surface area (Å²) in [4.78, 5) is 37.0. The second kappa shape index (κ2) is 12.9. The number of nitrogens with one attached hydrogen (secondary N) is 1. The summed E-state index contributed by atoms with van der Waals surface area (Å²) < 4.78 is 35.8. The van der Waals surface area contributed by atoms with Crippen molar-refractivity contribution in [3.8, 4) is 16.3 Å². The van der Waals surface area contributed by atoms with Gasteiger partial charge in [0.1, 0.15) is 11.1 Å². The minimum atomic E-state index is -3.94. The number of anilines is 1. The standard InChI is InChI=1S/C30H34N6O6S2/c1-19-14-36(20(2)17-37)30(39)23-6-5-7-24(33-28(38)21-8-10-22(11-9-21)29-31-12-13-43-29)27(23)42-25(19)15-35(4)44(40,41)26-16-34(3)18-32-26/h5-13,16,18-20,25,37H,14-15,17H2,1-4H3,(H,33,38)/t19-,20+,25+/m1/s1. The van der Waals surface area contributed by atoms with E-state index in [2.05, 4.69) is 15.3 Å². The van der Waals surface area contributed by atoms with Crippen LogP contribution in [0.1, 0.15) is 34.6 Å². The minimum absolute atomic E-state index is 0.0600. The van der Waals surface area contributed by atoms with Crippen molar-refractivity contribution in [2.75, 3.05) is 32.1 Å². The molecule has 14 heteroatoms. The first-order valence-corrected chi connectivity index (χ1v) is 16.3. The number of aromatic nitrogens is 3. The predicted octanol–water partition coefficient (Wildman–Crippen LogP) is 3.34. The van der Waals surface area contributed by atoms with Crippen LogP contribution in [0.5, 0.6) is 5.75 Å². The Morgan fingerprint density at radius 3 is 2.61 bits per heavy atom. The van der Waals surface area contributed by atoms with Gasteiger partial charge in [-0.1, -0.05) is 25.1 Å². The number of benzene rings is 2. The number of aliphatic hydroxyl groups is 1. The summed E-state index contributed by atoms with van der Waals surface area (Å²) in [6, 6.07) is 11.4. The maximum absolute atomic E-state index is 13.8. The summed E-state index contributed by atoms with van der Waals surface area (Å²) in [6.45, 7) is 3.48. The Hall–Kier alpha value is -4.11. The highest BCUT2D eigenvalue weighted by molar-refractivity contribution is 7.89. The molecule has 0 spiro atoms. The normalized spacial score (nSPS) is 17.9. The van der Waals surface area contributed by atoms with Crippen molar-refractivity contribution in [3.05, 3.63) is 77.7 Å². The number of hydrogen-bond acceptors (Lipinski definition) is 9. The zero-order valence-electron chi connectivity index (χ0n) is 24.7. The number of aryl methyl sites for hydroxylation is 1. The van der Waals surface area contributed by atoms with Crippen LogP contribution in [0.4, 0.5) is 5.69 Å². The van der Waals surface area contributed by atoms with Crippen LogP contribution in [0.25, 0.3) is 10.6 Å². The molecule has 0 saturated heterocycles. The van der Waals surface area contributed by atoms with Gasteiger partial charge in [-0.2, -0.15) is 4.31 Å².